The average Bonchev–Trinajstić information content (AvgIpc) is 2.58. The maximum absolute atomic E-state index is 12.2. The molecule has 8 heteroatoms. The van der Waals surface area contributed by atoms with Crippen molar-refractivity contribution < 1.29 is 22.7 Å². The van der Waals surface area contributed by atoms with Gasteiger partial charge in [0.15, 0.2) is 5.78 Å². The smallest absolute Gasteiger partial charge is 0.215 e. The molecule has 0 spiro atoms. The number of carbonyl (C=O) groups excluding carboxylic acids is 1. The zero-order valence-electron chi connectivity index (χ0n) is 17.2. The minimum Gasteiger partial charge on any atom is -0.492 e. The van der Waals surface area contributed by atoms with Crippen LogP contribution in [0.15, 0.2) is 24.3 Å². The van der Waals surface area contributed by atoms with E-state index in [2.05, 4.69) is 0 Å². The number of hydrogen-bond acceptors (Lipinski definition) is 5. The number of sulfonamides is 1. The fourth-order valence-corrected chi connectivity index (χ4v) is 3.54. The predicted molar refractivity (Wildman–Crippen MR) is 112 cm³/mol. The van der Waals surface area contributed by atoms with Crippen LogP contribution in [-0.2, 0) is 26.0 Å². The van der Waals surface area contributed by atoms with Crippen molar-refractivity contribution in [1.29, 1.82) is 0 Å². The molecule has 0 amide bonds. The summed E-state index contributed by atoms with van der Waals surface area (Å²) in [5.74, 6) is 0.892. The van der Waals surface area contributed by atoms with Gasteiger partial charge in [0.05, 0.1) is 16.2 Å². The van der Waals surface area contributed by atoms with Gasteiger partial charge in [0.1, 0.15) is 19.0 Å². The van der Waals surface area contributed by atoms with Crippen LogP contribution < -0.4 is 9.88 Å². The normalized spacial score (nSPS) is 14.5. The Morgan fingerprint density at radius 2 is 1.75 bits per heavy atom. The number of hydrogen-bond donors (Lipinski definition) is 1. The van der Waals surface area contributed by atoms with Crippen molar-refractivity contribution in [2.24, 2.45) is 5.14 Å². The van der Waals surface area contributed by atoms with Crippen molar-refractivity contribution in [2.45, 2.75) is 63.7 Å². The fraction of sp³-hybridized carbons (Fsp3) is 0.650. The maximum Gasteiger partial charge on any atom is 0.215 e. The molecule has 0 saturated heterocycles. The van der Waals surface area contributed by atoms with Gasteiger partial charge in [0, 0.05) is 6.42 Å². The van der Waals surface area contributed by atoms with Gasteiger partial charge in [0.25, 0.3) is 0 Å². The lowest BCUT2D eigenvalue weighted by Crippen LogP contribution is -2.43. The van der Waals surface area contributed by atoms with Crippen molar-refractivity contribution >= 4 is 27.4 Å². The number of carbonyl (C=O) groups is 1. The summed E-state index contributed by atoms with van der Waals surface area (Å²) in [6.45, 7) is 7.36. The summed E-state index contributed by atoms with van der Waals surface area (Å²) in [6, 6.07) is 7.57. The van der Waals surface area contributed by atoms with Gasteiger partial charge in [0.2, 0.25) is 10.0 Å². The second kappa shape index (κ2) is 10.6. The Hall–Kier alpha value is -1.15. The molecule has 2 N–H and O–H groups in total. The van der Waals surface area contributed by atoms with E-state index in [0.717, 1.165) is 11.3 Å². The van der Waals surface area contributed by atoms with E-state index in [1.54, 1.807) is 0 Å². The number of alkyl halides is 1. The summed E-state index contributed by atoms with van der Waals surface area (Å²) in [7, 11) is -3.89. The van der Waals surface area contributed by atoms with Crippen molar-refractivity contribution in [2.75, 3.05) is 19.1 Å². The molecule has 1 atom stereocenters. The number of ketones is 1. The molecular weight excluding hydrogens is 402 g/mol. The molecule has 0 aromatic heterocycles. The third-order valence-electron chi connectivity index (χ3n) is 4.36. The molecule has 1 aromatic rings. The highest BCUT2D eigenvalue weighted by atomic mass is 35.5. The third kappa shape index (κ3) is 8.90. The minimum absolute atomic E-state index is 0.127. The summed E-state index contributed by atoms with van der Waals surface area (Å²) < 4.78 is 33.8. The molecule has 0 aliphatic carbocycles. The number of ether oxygens (including phenoxy) is 2. The van der Waals surface area contributed by atoms with Crippen LogP contribution in [0.4, 0.5) is 0 Å². The lowest BCUT2D eigenvalue weighted by molar-refractivity contribution is -0.129. The molecule has 0 aliphatic rings. The number of primary sulfonamides is 1. The molecule has 6 nitrogen and oxygen atoms in total. The van der Waals surface area contributed by atoms with Crippen LogP contribution in [0.25, 0.3) is 0 Å². The molecule has 160 valence electrons. The molecule has 0 radical (unpaired) electrons. The monoisotopic (exact) mass is 433 g/mol. The first-order chi connectivity index (χ1) is 12.9. The van der Waals surface area contributed by atoms with Gasteiger partial charge in [-0.15, -0.1) is 11.6 Å². The van der Waals surface area contributed by atoms with E-state index in [4.69, 9.17) is 26.2 Å². The lowest BCUT2D eigenvalue weighted by atomic mass is 9.95. The third-order valence-corrected chi connectivity index (χ3v) is 6.24. The molecule has 28 heavy (non-hydrogen) atoms. The van der Waals surface area contributed by atoms with E-state index in [0.29, 0.717) is 25.3 Å². The van der Waals surface area contributed by atoms with Crippen LogP contribution in [0.3, 0.4) is 0 Å². The van der Waals surface area contributed by atoms with E-state index < -0.39 is 20.4 Å². The second-order valence-corrected chi connectivity index (χ2v) is 10.6. The van der Waals surface area contributed by atoms with Crippen LogP contribution in [0, 0.1) is 0 Å². The van der Waals surface area contributed by atoms with E-state index in [9.17, 15) is 13.2 Å². The zero-order chi connectivity index (χ0) is 21.4. The Bertz CT molecular complexity index is 728. The zero-order valence-corrected chi connectivity index (χ0v) is 18.7. The van der Waals surface area contributed by atoms with Crippen molar-refractivity contribution in [1.82, 2.24) is 0 Å². The fourth-order valence-electron chi connectivity index (χ4n) is 2.67. The minimum atomic E-state index is -3.89. The second-order valence-electron chi connectivity index (χ2n) is 8.15. The van der Waals surface area contributed by atoms with Crippen LogP contribution in [0.1, 0.15) is 52.5 Å². The lowest BCUT2D eigenvalue weighted by Gasteiger charge is -2.27. The number of nitrogens with two attached hydrogens (primary N) is 1. The number of Topliss-reactive ketones (excluding diaryl/α,β-unsaturated/α-hetero) is 1. The van der Waals surface area contributed by atoms with E-state index in [1.165, 1.54) is 6.92 Å². The van der Waals surface area contributed by atoms with Crippen LogP contribution >= 0.6 is 11.6 Å². The molecule has 1 rings (SSSR count). The van der Waals surface area contributed by atoms with Gasteiger partial charge in [-0.3, -0.25) is 4.79 Å². The van der Waals surface area contributed by atoms with Gasteiger partial charge >= 0.3 is 0 Å². The van der Waals surface area contributed by atoms with Gasteiger partial charge in [-0.05, 0) is 64.7 Å². The largest absolute Gasteiger partial charge is 0.492 e. The maximum atomic E-state index is 12.2. The average molecular weight is 434 g/mol. The highest BCUT2D eigenvalue weighted by molar-refractivity contribution is 7.90. The standard InChI is InChI=1S/C20H32ClNO5S/c1-19(2,3)27-15-17(23)14-20(4,28(22,24)25)11-5-6-16-7-9-18(10-8-16)26-13-12-21/h7-10H,5-6,11-15H2,1-4H3,(H2,22,24,25). The van der Waals surface area contributed by atoms with Gasteiger partial charge in [-0.25, -0.2) is 13.6 Å². The molecular formula is C20H32ClNO5S. The SMILES string of the molecule is CC(C)(C)OCC(=O)CC(C)(CCCc1ccc(OCCCl)cc1)S(N)(=O)=O. The molecule has 0 aliphatic heterocycles. The molecule has 0 fully saturated rings. The Morgan fingerprint density at radius 3 is 2.25 bits per heavy atom. The first-order valence-corrected chi connectivity index (χ1v) is 11.4. The Morgan fingerprint density at radius 1 is 1.14 bits per heavy atom. The summed E-state index contributed by atoms with van der Waals surface area (Å²) in [5.41, 5.74) is 0.588. The van der Waals surface area contributed by atoms with Crippen LogP contribution in [0.5, 0.6) is 5.75 Å². The summed E-state index contributed by atoms with van der Waals surface area (Å²) >= 11 is 5.59. The molecule has 1 unspecified atom stereocenters. The van der Waals surface area contributed by atoms with Gasteiger partial charge < -0.3 is 9.47 Å². The summed E-state index contributed by atoms with van der Waals surface area (Å²) in [4.78, 5) is 12.2. The van der Waals surface area contributed by atoms with Crippen molar-refractivity contribution in [3.63, 3.8) is 0 Å². The first kappa shape index (κ1) is 24.9. The molecule has 0 saturated carbocycles. The van der Waals surface area contributed by atoms with Gasteiger partial charge in [-0.2, -0.15) is 0 Å². The number of rotatable bonds is 12. The quantitative estimate of drug-likeness (QED) is 0.509. The molecule has 1 aromatic carbocycles. The van der Waals surface area contributed by atoms with Crippen LogP contribution in [-0.4, -0.2) is 43.6 Å². The van der Waals surface area contributed by atoms with Crippen molar-refractivity contribution in [3.8, 4) is 5.75 Å². The van der Waals surface area contributed by atoms with E-state index in [-0.39, 0.29) is 25.2 Å². The Balaban J connectivity index is 2.65. The number of benzene rings is 1. The molecule has 0 bridgehead atoms. The van der Waals surface area contributed by atoms with Crippen molar-refractivity contribution in [3.05, 3.63) is 29.8 Å². The molecule has 0 heterocycles. The predicted octanol–water partition coefficient (Wildman–Crippen LogP) is 3.45. The summed E-state index contributed by atoms with van der Waals surface area (Å²) in [5, 5.41) is 5.44. The Labute approximate surface area is 173 Å². The van der Waals surface area contributed by atoms with E-state index >= 15 is 0 Å². The summed E-state index contributed by atoms with van der Waals surface area (Å²) in [6.07, 6.45) is 1.39. The number of halogens is 1. The van der Waals surface area contributed by atoms with Gasteiger partial charge in [-0.1, -0.05) is 12.1 Å². The first-order valence-electron chi connectivity index (χ1n) is 9.32. The van der Waals surface area contributed by atoms with E-state index in [1.807, 2.05) is 45.0 Å². The topological polar surface area (TPSA) is 95.7 Å². The highest BCUT2D eigenvalue weighted by Gasteiger charge is 2.38. The Kier molecular flexibility index (Phi) is 9.40. The highest BCUT2D eigenvalue weighted by Crippen LogP contribution is 2.27. The van der Waals surface area contributed by atoms with Crippen LogP contribution in [0.2, 0.25) is 0 Å². The number of aryl methyl sites for hydroxylation is 1.